The topological polar surface area (TPSA) is 95.0 Å². The first-order valence-electron chi connectivity index (χ1n) is 9.93. The Kier molecular flexibility index (Phi) is 6.08. The number of pyridine rings is 1. The van der Waals surface area contributed by atoms with E-state index in [2.05, 4.69) is 15.2 Å². The molecule has 1 atom stereocenters. The molecule has 0 saturated carbocycles. The molecule has 2 aliphatic heterocycles. The number of hydrogen-bond acceptors (Lipinski definition) is 6. The summed E-state index contributed by atoms with van der Waals surface area (Å²) in [6.45, 7) is 2.86. The fourth-order valence-corrected chi connectivity index (χ4v) is 3.97. The van der Waals surface area contributed by atoms with Crippen LogP contribution in [0.4, 0.5) is 15.9 Å². The van der Waals surface area contributed by atoms with Crippen LogP contribution >= 0.6 is 11.6 Å². The van der Waals surface area contributed by atoms with E-state index in [0.717, 1.165) is 25.0 Å². The van der Waals surface area contributed by atoms with E-state index in [1.54, 1.807) is 18.3 Å². The van der Waals surface area contributed by atoms with Crippen molar-refractivity contribution in [2.24, 2.45) is 0 Å². The lowest BCUT2D eigenvalue weighted by atomic mass is 10.0. The van der Waals surface area contributed by atoms with Crippen molar-refractivity contribution in [3.8, 4) is 0 Å². The summed E-state index contributed by atoms with van der Waals surface area (Å²) < 4.78 is 18.8. The summed E-state index contributed by atoms with van der Waals surface area (Å²) >= 11 is 5.81. The van der Waals surface area contributed by atoms with Crippen molar-refractivity contribution in [2.75, 3.05) is 42.6 Å². The molecular weight excluding hydrogens is 427 g/mol. The van der Waals surface area contributed by atoms with Crippen LogP contribution in [0.1, 0.15) is 12.0 Å². The maximum absolute atomic E-state index is 13.5. The van der Waals surface area contributed by atoms with E-state index in [0.29, 0.717) is 24.5 Å². The summed E-state index contributed by atoms with van der Waals surface area (Å²) in [5.74, 6) is -1.31. The number of nitrogens with zero attached hydrogens (tertiary/aromatic N) is 3. The molecule has 0 radical (unpaired) electrons. The van der Waals surface area contributed by atoms with Crippen LogP contribution < -0.4 is 15.1 Å². The highest BCUT2D eigenvalue weighted by Gasteiger charge is 2.51. The van der Waals surface area contributed by atoms with Gasteiger partial charge in [-0.2, -0.15) is 0 Å². The van der Waals surface area contributed by atoms with Crippen LogP contribution in [0, 0.1) is 5.82 Å². The van der Waals surface area contributed by atoms with Crippen molar-refractivity contribution in [3.05, 3.63) is 52.9 Å². The third-order valence-electron chi connectivity index (χ3n) is 5.43. The number of morpholine rings is 1. The Labute approximate surface area is 183 Å². The van der Waals surface area contributed by atoms with Gasteiger partial charge in [0.2, 0.25) is 5.60 Å². The number of halogens is 2. The number of benzene rings is 1. The van der Waals surface area contributed by atoms with Crippen LogP contribution in [0.25, 0.3) is 0 Å². The molecule has 2 saturated heterocycles. The molecule has 10 heteroatoms. The maximum atomic E-state index is 13.5. The van der Waals surface area contributed by atoms with E-state index in [4.69, 9.17) is 16.3 Å². The Bertz CT molecular complexity index is 964. The SMILES string of the molecule is O=C(NCc1cc(F)cc(Cl)c1)C1(O)CCN(c2ccc(N3CCOCC3)nc2)C1=O. The van der Waals surface area contributed by atoms with Gasteiger partial charge in [-0.15, -0.1) is 0 Å². The van der Waals surface area contributed by atoms with Gasteiger partial charge < -0.3 is 25.0 Å². The molecule has 3 heterocycles. The summed E-state index contributed by atoms with van der Waals surface area (Å²) in [5, 5.41) is 13.4. The minimum absolute atomic E-state index is 0.0627. The Morgan fingerprint density at radius 1 is 1.26 bits per heavy atom. The van der Waals surface area contributed by atoms with Gasteiger partial charge in [0.1, 0.15) is 11.6 Å². The molecule has 2 aromatic rings. The van der Waals surface area contributed by atoms with Crippen molar-refractivity contribution >= 4 is 34.9 Å². The van der Waals surface area contributed by atoms with Crippen LogP contribution in [-0.2, 0) is 20.9 Å². The Balaban J connectivity index is 1.41. The predicted molar refractivity (Wildman–Crippen MR) is 112 cm³/mol. The van der Waals surface area contributed by atoms with Crippen molar-refractivity contribution in [1.29, 1.82) is 0 Å². The number of carbonyl (C=O) groups is 2. The van der Waals surface area contributed by atoms with E-state index in [9.17, 15) is 19.1 Å². The molecule has 2 aliphatic rings. The zero-order valence-corrected chi connectivity index (χ0v) is 17.4. The Morgan fingerprint density at radius 2 is 2.03 bits per heavy atom. The van der Waals surface area contributed by atoms with E-state index in [1.807, 2.05) is 0 Å². The molecule has 164 valence electrons. The van der Waals surface area contributed by atoms with E-state index in [-0.39, 0.29) is 24.5 Å². The van der Waals surface area contributed by atoms with Gasteiger partial charge in [0, 0.05) is 37.6 Å². The Hall–Kier alpha value is -2.75. The van der Waals surface area contributed by atoms with E-state index in [1.165, 1.54) is 17.0 Å². The first kappa shape index (κ1) is 21.5. The lowest BCUT2D eigenvalue weighted by molar-refractivity contribution is -0.149. The summed E-state index contributed by atoms with van der Waals surface area (Å²) in [6, 6.07) is 7.42. The van der Waals surface area contributed by atoms with Gasteiger partial charge in [-0.05, 0) is 35.9 Å². The fourth-order valence-electron chi connectivity index (χ4n) is 3.72. The number of carbonyl (C=O) groups excluding carboxylic acids is 2. The van der Waals surface area contributed by atoms with Gasteiger partial charge >= 0.3 is 0 Å². The lowest BCUT2D eigenvalue weighted by Crippen LogP contribution is -2.52. The molecule has 0 bridgehead atoms. The standard InChI is InChI=1S/C21H22ClFN4O4/c22-15-9-14(10-16(23)11-15)12-25-19(28)21(30)3-4-27(20(21)29)17-1-2-18(24-13-17)26-5-7-31-8-6-26/h1-2,9-11,13,30H,3-8,12H2,(H,25,28). The molecule has 0 spiro atoms. The zero-order chi connectivity index (χ0) is 22.0. The molecule has 4 rings (SSSR count). The molecule has 2 amide bonds. The van der Waals surface area contributed by atoms with Crippen LogP contribution in [0.3, 0.4) is 0 Å². The summed E-state index contributed by atoms with van der Waals surface area (Å²) in [7, 11) is 0. The van der Waals surface area contributed by atoms with Crippen molar-refractivity contribution < 1.29 is 23.8 Å². The third-order valence-corrected chi connectivity index (χ3v) is 5.64. The van der Waals surface area contributed by atoms with Gasteiger partial charge in [-0.25, -0.2) is 9.37 Å². The number of aromatic nitrogens is 1. The second kappa shape index (κ2) is 8.78. The van der Waals surface area contributed by atoms with Crippen molar-refractivity contribution in [2.45, 2.75) is 18.6 Å². The number of aliphatic hydroxyl groups is 1. The van der Waals surface area contributed by atoms with Gasteiger partial charge in [0.25, 0.3) is 11.8 Å². The van der Waals surface area contributed by atoms with Crippen LogP contribution in [0.2, 0.25) is 5.02 Å². The van der Waals surface area contributed by atoms with Gasteiger partial charge in [0.15, 0.2) is 0 Å². The smallest absolute Gasteiger partial charge is 0.268 e. The van der Waals surface area contributed by atoms with Gasteiger partial charge in [-0.3, -0.25) is 9.59 Å². The highest BCUT2D eigenvalue weighted by Crippen LogP contribution is 2.29. The first-order valence-corrected chi connectivity index (χ1v) is 10.3. The first-order chi connectivity index (χ1) is 14.9. The quantitative estimate of drug-likeness (QED) is 0.673. The molecular formula is C21H22ClFN4O4. The number of nitrogens with one attached hydrogen (secondary N) is 1. The molecule has 2 N–H and O–H groups in total. The summed E-state index contributed by atoms with van der Waals surface area (Å²) in [5.41, 5.74) is -1.27. The number of hydrogen-bond donors (Lipinski definition) is 2. The lowest BCUT2D eigenvalue weighted by Gasteiger charge is -2.28. The summed E-state index contributed by atoms with van der Waals surface area (Å²) in [6.07, 6.45) is 1.49. The maximum Gasteiger partial charge on any atom is 0.268 e. The van der Waals surface area contributed by atoms with E-state index >= 15 is 0 Å². The molecule has 31 heavy (non-hydrogen) atoms. The number of amides is 2. The predicted octanol–water partition coefficient (Wildman–Crippen LogP) is 1.49. The van der Waals surface area contributed by atoms with Crippen LogP contribution in [0.5, 0.6) is 0 Å². The summed E-state index contributed by atoms with van der Waals surface area (Å²) in [4.78, 5) is 33.3. The largest absolute Gasteiger partial charge is 0.378 e. The minimum atomic E-state index is -2.19. The molecule has 1 aromatic heterocycles. The third kappa shape index (κ3) is 4.48. The second-order valence-electron chi connectivity index (χ2n) is 7.50. The zero-order valence-electron chi connectivity index (χ0n) is 16.7. The average molecular weight is 449 g/mol. The molecule has 2 fully saturated rings. The highest BCUT2D eigenvalue weighted by molar-refractivity contribution is 6.30. The average Bonchev–Trinajstić information content (AvgIpc) is 3.08. The normalized spacial score (nSPS) is 21.5. The second-order valence-corrected chi connectivity index (χ2v) is 7.94. The van der Waals surface area contributed by atoms with E-state index < -0.39 is 23.2 Å². The minimum Gasteiger partial charge on any atom is -0.378 e. The van der Waals surface area contributed by atoms with Crippen LogP contribution in [0.15, 0.2) is 36.5 Å². The van der Waals surface area contributed by atoms with Gasteiger partial charge in [0.05, 0.1) is 25.1 Å². The number of ether oxygens (including phenoxy) is 1. The molecule has 1 aromatic carbocycles. The van der Waals surface area contributed by atoms with Crippen molar-refractivity contribution in [3.63, 3.8) is 0 Å². The number of anilines is 2. The van der Waals surface area contributed by atoms with Crippen LogP contribution in [-0.4, -0.2) is 60.4 Å². The molecule has 1 unspecified atom stereocenters. The van der Waals surface area contributed by atoms with Gasteiger partial charge in [-0.1, -0.05) is 11.6 Å². The number of rotatable bonds is 5. The highest BCUT2D eigenvalue weighted by atomic mass is 35.5. The monoisotopic (exact) mass is 448 g/mol. The molecule has 0 aliphatic carbocycles. The fraction of sp³-hybridized carbons (Fsp3) is 0.381. The molecule has 8 nitrogen and oxygen atoms in total. The Morgan fingerprint density at radius 3 is 2.71 bits per heavy atom. The van der Waals surface area contributed by atoms with Crippen molar-refractivity contribution in [1.82, 2.24) is 10.3 Å².